The third-order valence-corrected chi connectivity index (χ3v) is 6.02. The largest absolute Gasteiger partial charge is 0.478 e. The number of hydrogen-bond donors (Lipinski definition) is 4. The van der Waals surface area contributed by atoms with Crippen LogP contribution in [0, 0.1) is 0 Å². The first-order valence-electron chi connectivity index (χ1n) is 10.0. The molecule has 5 aromatic carbocycles. The Morgan fingerprint density at radius 3 is 1.62 bits per heavy atom. The molecule has 0 fully saturated rings. The summed E-state index contributed by atoms with van der Waals surface area (Å²) in [5, 5.41) is 41.6. The quantitative estimate of drug-likeness (QED) is 0.217. The second kappa shape index (κ2) is 7.28. The molecule has 4 N–H and O–H groups in total. The lowest BCUT2D eigenvalue weighted by molar-refractivity contribution is 0.0653. The number of benzene rings is 5. The van der Waals surface area contributed by atoms with E-state index >= 15 is 0 Å². The molecule has 5 rings (SSSR count). The van der Waals surface area contributed by atoms with Crippen LogP contribution in [0.1, 0.15) is 41.4 Å². The van der Waals surface area contributed by atoms with E-state index in [-0.39, 0.29) is 38.1 Å². The Morgan fingerprint density at radius 1 is 0.471 bits per heavy atom. The Bertz CT molecular complexity index is 1760. The van der Waals surface area contributed by atoms with Crippen molar-refractivity contribution in [2.24, 2.45) is 0 Å². The van der Waals surface area contributed by atoms with Gasteiger partial charge in [-0.2, -0.15) is 0 Å². The minimum Gasteiger partial charge on any atom is -0.478 e. The average Bonchev–Trinajstić information content (AvgIpc) is 2.79. The van der Waals surface area contributed by atoms with Crippen LogP contribution in [0.15, 0.2) is 60.7 Å². The fourth-order valence-corrected chi connectivity index (χ4v) is 4.68. The van der Waals surface area contributed by atoms with E-state index in [1.165, 1.54) is 36.4 Å². The third-order valence-electron chi connectivity index (χ3n) is 6.02. The Hall–Kier alpha value is -4.98. The van der Waals surface area contributed by atoms with Crippen molar-refractivity contribution >= 4 is 67.0 Å². The van der Waals surface area contributed by atoms with Gasteiger partial charge in [0.05, 0.1) is 22.3 Å². The normalized spacial score (nSPS) is 11.3. The van der Waals surface area contributed by atoms with Gasteiger partial charge in [0, 0.05) is 5.39 Å². The summed E-state index contributed by atoms with van der Waals surface area (Å²) in [6.07, 6.45) is 0. The fourth-order valence-electron chi connectivity index (χ4n) is 4.68. The molecule has 166 valence electrons. The summed E-state index contributed by atoms with van der Waals surface area (Å²) < 4.78 is 0. The lowest BCUT2D eigenvalue weighted by Gasteiger charge is -2.16. The van der Waals surface area contributed by atoms with Crippen molar-refractivity contribution in [1.82, 2.24) is 0 Å². The van der Waals surface area contributed by atoms with Crippen LogP contribution in [0.5, 0.6) is 0 Å². The zero-order valence-electron chi connectivity index (χ0n) is 17.2. The fraction of sp³-hybridized carbons (Fsp3) is 0. The number of fused-ring (bicyclic) bond motifs is 5. The maximum atomic E-state index is 12.4. The average molecular weight is 454 g/mol. The Balaban J connectivity index is 2.11. The first-order valence-corrected chi connectivity index (χ1v) is 10.0. The van der Waals surface area contributed by atoms with Gasteiger partial charge < -0.3 is 20.4 Å². The van der Waals surface area contributed by atoms with E-state index < -0.39 is 35.0 Å². The van der Waals surface area contributed by atoms with Gasteiger partial charge in [-0.1, -0.05) is 42.5 Å². The summed E-state index contributed by atoms with van der Waals surface area (Å²) in [6.45, 7) is 0. The van der Waals surface area contributed by atoms with Crippen LogP contribution in [-0.4, -0.2) is 44.3 Å². The summed E-state index contributed by atoms with van der Waals surface area (Å²) in [5.74, 6) is -5.37. The van der Waals surface area contributed by atoms with Crippen molar-refractivity contribution in [2.45, 2.75) is 0 Å². The second-order valence-corrected chi connectivity index (χ2v) is 7.79. The highest BCUT2D eigenvalue weighted by Crippen LogP contribution is 2.39. The van der Waals surface area contributed by atoms with E-state index in [2.05, 4.69) is 0 Å². The van der Waals surface area contributed by atoms with E-state index in [1.54, 1.807) is 24.3 Å². The maximum absolute atomic E-state index is 12.4. The smallest absolute Gasteiger partial charge is 0.337 e. The number of carboxylic acids is 4. The maximum Gasteiger partial charge on any atom is 0.337 e. The van der Waals surface area contributed by atoms with Crippen molar-refractivity contribution < 1.29 is 39.6 Å². The van der Waals surface area contributed by atoms with Crippen LogP contribution >= 0.6 is 0 Å². The minimum absolute atomic E-state index is 0.0738. The Labute approximate surface area is 189 Å². The van der Waals surface area contributed by atoms with Gasteiger partial charge >= 0.3 is 23.9 Å². The van der Waals surface area contributed by atoms with Crippen molar-refractivity contribution in [3.63, 3.8) is 0 Å². The van der Waals surface area contributed by atoms with Crippen LogP contribution in [0.2, 0.25) is 0 Å². The standard InChI is InChI=1S/C26H14O8/c27-23(28)16-8-6-12-9-11-5-7-15-19(17(11)10-18(12)21(16)25(31)32)22(26(33)34)14-4-2-1-3-13(14)20(15)24(29)30/h1-10H,(H,27,28)(H,29,30)(H,31,32)(H,33,34). The monoisotopic (exact) mass is 454 g/mol. The second-order valence-electron chi connectivity index (χ2n) is 7.79. The predicted octanol–water partition coefficient (Wildman–Crippen LogP) is 5.09. The summed E-state index contributed by atoms with van der Waals surface area (Å²) in [7, 11) is 0. The predicted molar refractivity (Wildman–Crippen MR) is 124 cm³/mol. The zero-order valence-corrected chi connectivity index (χ0v) is 17.2. The van der Waals surface area contributed by atoms with E-state index in [9.17, 15) is 39.6 Å². The summed E-state index contributed by atoms with van der Waals surface area (Å²) in [6, 6.07) is 15.2. The molecule has 0 aliphatic carbocycles. The zero-order chi connectivity index (χ0) is 24.3. The van der Waals surface area contributed by atoms with Crippen LogP contribution in [0.25, 0.3) is 43.1 Å². The molecule has 34 heavy (non-hydrogen) atoms. The number of carboxylic acid groups (broad SMARTS) is 4. The number of rotatable bonds is 4. The molecule has 0 aromatic heterocycles. The number of hydrogen-bond acceptors (Lipinski definition) is 4. The van der Waals surface area contributed by atoms with E-state index in [0.717, 1.165) is 0 Å². The van der Waals surface area contributed by atoms with Crippen molar-refractivity contribution in [2.75, 3.05) is 0 Å². The van der Waals surface area contributed by atoms with Crippen LogP contribution in [0.4, 0.5) is 0 Å². The van der Waals surface area contributed by atoms with Crippen LogP contribution in [0.3, 0.4) is 0 Å². The Kier molecular flexibility index (Phi) is 4.47. The van der Waals surface area contributed by atoms with E-state index in [0.29, 0.717) is 16.2 Å². The minimum atomic E-state index is -1.45. The molecule has 8 nitrogen and oxygen atoms in total. The highest BCUT2D eigenvalue weighted by molar-refractivity contribution is 6.30. The van der Waals surface area contributed by atoms with Crippen molar-refractivity contribution in [3.05, 3.63) is 82.9 Å². The van der Waals surface area contributed by atoms with Gasteiger partial charge in [-0.25, -0.2) is 19.2 Å². The van der Waals surface area contributed by atoms with Crippen LogP contribution in [-0.2, 0) is 0 Å². The molecule has 0 heterocycles. The SMILES string of the molecule is O=C(O)c1ccc2cc3ccc4c(C(=O)O)c5ccccc5c(C(=O)O)c4c3cc2c1C(=O)O. The first kappa shape index (κ1) is 20.9. The van der Waals surface area contributed by atoms with Gasteiger partial charge in [0.2, 0.25) is 0 Å². The number of carbonyl (C=O) groups is 4. The molecule has 0 aliphatic heterocycles. The molecule has 0 amide bonds. The summed E-state index contributed by atoms with van der Waals surface area (Å²) in [5.41, 5.74) is -1.03. The molecule has 0 radical (unpaired) electrons. The number of aromatic carboxylic acids is 4. The molecule has 0 atom stereocenters. The first-order chi connectivity index (χ1) is 16.2. The lowest BCUT2D eigenvalue weighted by Crippen LogP contribution is -2.09. The topological polar surface area (TPSA) is 149 Å². The van der Waals surface area contributed by atoms with Gasteiger partial charge in [0.1, 0.15) is 0 Å². The molecule has 5 aromatic rings. The molecule has 0 bridgehead atoms. The highest BCUT2D eigenvalue weighted by Gasteiger charge is 2.25. The van der Waals surface area contributed by atoms with Crippen LogP contribution < -0.4 is 0 Å². The van der Waals surface area contributed by atoms with Gasteiger partial charge in [0.25, 0.3) is 0 Å². The molecular formula is C26H14O8. The van der Waals surface area contributed by atoms with E-state index in [1.807, 2.05) is 0 Å². The van der Waals surface area contributed by atoms with Crippen molar-refractivity contribution in [3.8, 4) is 0 Å². The molecule has 0 spiro atoms. The highest BCUT2D eigenvalue weighted by atomic mass is 16.4. The Morgan fingerprint density at radius 2 is 1.03 bits per heavy atom. The van der Waals surface area contributed by atoms with Gasteiger partial charge in [0.15, 0.2) is 0 Å². The van der Waals surface area contributed by atoms with Gasteiger partial charge in [-0.3, -0.25) is 0 Å². The van der Waals surface area contributed by atoms with Gasteiger partial charge in [-0.15, -0.1) is 0 Å². The van der Waals surface area contributed by atoms with Gasteiger partial charge in [-0.05, 0) is 55.9 Å². The van der Waals surface area contributed by atoms with E-state index in [4.69, 9.17) is 0 Å². The molecular weight excluding hydrogens is 440 g/mol. The molecule has 0 unspecified atom stereocenters. The molecule has 0 saturated carbocycles. The molecule has 0 saturated heterocycles. The molecule has 8 heteroatoms. The molecule has 0 aliphatic rings. The van der Waals surface area contributed by atoms with Crippen molar-refractivity contribution in [1.29, 1.82) is 0 Å². The lowest BCUT2D eigenvalue weighted by atomic mass is 9.87. The summed E-state index contributed by atoms with van der Waals surface area (Å²) in [4.78, 5) is 48.3. The summed E-state index contributed by atoms with van der Waals surface area (Å²) >= 11 is 0. The third kappa shape index (κ3) is 2.86.